The molecule has 2 amide bonds. The summed E-state index contributed by atoms with van der Waals surface area (Å²) in [5.74, 6) is -0.432. The van der Waals surface area contributed by atoms with Crippen LogP contribution in [0.5, 0.6) is 5.75 Å². The van der Waals surface area contributed by atoms with Crippen molar-refractivity contribution in [1.29, 1.82) is 0 Å². The van der Waals surface area contributed by atoms with Crippen LogP contribution in [0.1, 0.15) is 36.7 Å². The van der Waals surface area contributed by atoms with Gasteiger partial charge in [0.15, 0.2) is 0 Å². The van der Waals surface area contributed by atoms with Crippen molar-refractivity contribution in [3.63, 3.8) is 0 Å². The number of benzene rings is 2. The highest BCUT2D eigenvalue weighted by Crippen LogP contribution is 2.36. The van der Waals surface area contributed by atoms with E-state index in [-0.39, 0.29) is 18.2 Å². The summed E-state index contributed by atoms with van der Waals surface area (Å²) >= 11 is 1.40. The van der Waals surface area contributed by atoms with Gasteiger partial charge in [0.05, 0.1) is 24.9 Å². The molecule has 170 valence electrons. The number of carbonyl (C=O) groups is 3. The average molecular weight is 459 g/mol. The minimum Gasteiger partial charge on any atom is -0.508 e. The van der Waals surface area contributed by atoms with E-state index in [0.717, 1.165) is 10.5 Å². The Kier molecular flexibility index (Phi) is 6.98. The fourth-order valence-corrected chi connectivity index (χ4v) is 4.20. The van der Waals surface area contributed by atoms with Crippen LogP contribution in [-0.2, 0) is 20.8 Å². The Morgan fingerprint density at radius 1 is 1.19 bits per heavy atom. The lowest BCUT2D eigenvalue weighted by Gasteiger charge is -2.27. The van der Waals surface area contributed by atoms with Crippen LogP contribution >= 0.6 is 11.8 Å². The third kappa shape index (κ3) is 5.73. The molecule has 32 heavy (non-hydrogen) atoms. The molecular formula is C23H26N2O6S. The number of rotatable bonds is 4. The van der Waals surface area contributed by atoms with Crippen LogP contribution in [0, 0.1) is 0 Å². The van der Waals surface area contributed by atoms with Crippen LogP contribution in [0.25, 0.3) is 0 Å². The molecule has 0 spiro atoms. The maximum absolute atomic E-state index is 13.5. The van der Waals surface area contributed by atoms with Gasteiger partial charge < -0.3 is 24.8 Å². The molecule has 8 nitrogen and oxygen atoms in total. The van der Waals surface area contributed by atoms with Gasteiger partial charge in [-0.25, -0.2) is 9.59 Å². The van der Waals surface area contributed by atoms with Crippen molar-refractivity contribution in [3.05, 3.63) is 53.6 Å². The minimum absolute atomic E-state index is 0.115. The molecule has 0 radical (unpaired) electrons. The topological polar surface area (TPSA) is 105 Å². The van der Waals surface area contributed by atoms with E-state index in [1.54, 1.807) is 51.1 Å². The SMILES string of the molecule is COC(=O)c1ccc2c(c1)N(Cc1ccc(O)cc1)C(=O)[C@@H](NC(=O)OC(C)(C)C)CS2. The van der Waals surface area contributed by atoms with E-state index in [1.807, 2.05) is 0 Å². The van der Waals surface area contributed by atoms with Crippen LogP contribution in [0.2, 0.25) is 0 Å². The number of alkyl carbamates (subject to hydrolysis) is 1. The first-order valence-corrected chi connectivity index (χ1v) is 11.0. The van der Waals surface area contributed by atoms with Crippen molar-refractivity contribution in [2.24, 2.45) is 0 Å². The second-order valence-corrected chi connectivity index (χ2v) is 9.34. The first-order chi connectivity index (χ1) is 15.1. The highest BCUT2D eigenvalue weighted by molar-refractivity contribution is 7.99. The highest BCUT2D eigenvalue weighted by Gasteiger charge is 2.33. The molecule has 0 saturated carbocycles. The fraction of sp³-hybridized carbons (Fsp3) is 0.348. The Morgan fingerprint density at radius 2 is 1.88 bits per heavy atom. The molecule has 1 aliphatic heterocycles. The summed E-state index contributed by atoms with van der Waals surface area (Å²) in [4.78, 5) is 40.2. The molecule has 9 heteroatoms. The number of phenols is 1. The minimum atomic E-state index is -0.832. The van der Waals surface area contributed by atoms with Gasteiger partial charge in [-0.05, 0) is 56.7 Å². The molecule has 0 saturated heterocycles. The van der Waals surface area contributed by atoms with Crippen molar-refractivity contribution >= 4 is 35.4 Å². The summed E-state index contributed by atoms with van der Waals surface area (Å²) < 4.78 is 10.1. The summed E-state index contributed by atoms with van der Waals surface area (Å²) in [7, 11) is 1.29. The summed E-state index contributed by atoms with van der Waals surface area (Å²) in [5.41, 5.74) is 0.932. The van der Waals surface area contributed by atoms with Crippen LogP contribution < -0.4 is 10.2 Å². The van der Waals surface area contributed by atoms with Crippen LogP contribution in [0.15, 0.2) is 47.4 Å². The Hall–Kier alpha value is -3.20. The van der Waals surface area contributed by atoms with E-state index in [9.17, 15) is 19.5 Å². The molecule has 1 heterocycles. The van der Waals surface area contributed by atoms with Crippen LogP contribution in [0.4, 0.5) is 10.5 Å². The smallest absolute Gasteiger partial charge is 0.408 e. The Bertz CT molecular complexity index is 1020. The lowest BCUT2D eigenvalue weighted by Crippen LogP contribution is -2.50. The normalized spacial score (nSPS) is 16.1. The number of carbonyl (C=O) groups excluding carboxylic acids is 3. The van der Waals surface area contributed by atoms with Gasteiger partial charge in [-0.2, -0.15) is 0 Å². The monoisotopic (exact) mass is 458 g/mol. The molecule has 1 atom stereocenters. The zero-order chi connectivity index (χ0) is 23.5. The van der Waals surface area contributed by atoms with E-state index >= 15 is 0 Å². The van der Waals surface area contributed by atoms with Crippen molar-refractivity contribution < 1.29 is 29.0 Å². The van der Waals surface area contributed by atoms with E-state index < -0.39 is 23.7 Å². The van der Waals surface area contributed by atoms with Gasteiger partial charge in [0.2, 0.25) is 0 Å². The van der Waals surface area contributed by atoms with Gasteiger partial charge in [-0.3, -0.25) is 4.79 Å². The van der Waals surface area contributed by atoms with Gasteiger partial charge in [0.25, 0.3) is 5.91 Å². The molecule has 3 rings (SSSR count). The molecule has 1 aliphatic rings. The molecule has 0 unspecified atom stereocenters. The van der Waals surface area contributed by atoms with Crippen molar-refractivity contribution in [2.45, 2.75) is 43.9 Å². The number of hydrogen-bond donors (Lipinski definition) is 2. The van der Waals surface area contributed by atoms with Crippen molar-refractivity contribution in [1.82, 2.24) is 5.32 Å². The molecule has 2 N–H and O–H groups in total. The maximum Gasteiger partial charge on any atom is 0.408 e. The molecule has 2 aromatic carbocycles. The maximum atomic E-state index is 13.5. The number of thioether (sulfide) groups is 1. The Morgan fingerprint density at radius 3 is 2.50 bits per heavy atom. The standard InChI is InChI=1S/C23H26N2O6S/c1-23(2,3)31-22(29)24-17-13-32-19-10-7-15(21(28)30-4)11-18(19)25(20(17)27)12-14-5-8-16(26)9-6-14/h5-11,17,26H,12-13H2,1-4H3,(H,24,29)/t17-/m0/s1. The second kappa shape index (κ2) is 9.52. The van der Waals surface area contributed by atoms with Crippen molar-refractivity contribution in [2.75, 3.05) is 17.8 Å². The number of hydrogen-bond acceptors (Lipinski definition) is 7. The molecule has 0 fully saturated rings. The molecule has 0 aliphatic carbocycles. The number of anilines is 1. The van der Waals surface area contributed by atoms with E-state index in [4.69, 9.17) is 9.47 Å². The van der Waals surface area contributed by atoms with Crippen LogP contribution in [0.3, 0.4) is 0 Å². The number of ether oxygens (including phenoxy) is 2. The summed E-state index contributed by atoms with van der Waals surface area (Å²) in [6.07, 6.45) is -0.678. The molecule has 2 aromatic rings. The van der Waals surface area contributed by atoms with Gasteiger partial charge in [-0.15, -0.1) is 11.8 Å². The summed E-state index contributed by atoms with van der Waals surface area (Å²) in [6, 6.07) is 10.7. The van der Waals surface area contributed by atoms with Crippen LogP contribution in [-0.4, -0.2) is 47.6 Å². The van der Waals surface area contributed by atoms with E-state index in [1.165, 1.54) is 35.9 Å². The molecular weight excluding hydrogens is 432 g/mol. The van der Waals surface area contributed by atoms with Gasteiger partial charge in [-0.1, -0.05) is 12.1 Å². The zero-order valence-electron chi connectivity index (χ0n) is 18.4. The number of phenolic OH excluding ortho intramolecular Hbond substituents is 1. The third-order valence-corrected chi connectivity index (χ3v) is 5.76. The van der Waals surface area contributed by atoms with E-state index in [2.05, 4.69) is 5.32 Å². The number of nitrogens with zero attached hydrogens (tertiary/aromatic N) is 1. The molecule has 0 aromatic heterocycles. The lowest BCUT2D eigenvalue weighted by atomic mass is 10.1. The number of esters is 1. The zero-order valence-corrected chi connectivity index (χ0v) is 19.2. The van der Waals surface area contributed by atoms with E-state index in [0.29, 0.717) is 17.0 Å². The Labute approximate surface area is 190 Å². The lowest BCUT2D eigenvalue weighted by molar-refractivity contribution is -0.120. The predicted octanol–water partition coefficient (Wildman–Crippen LogP) is 3.71. The number of nitrogens with one attached hydrogen (secondary N) is 1. The fourth-order valence-electron chi connectivity index (χ4n) is 3.15. The number of methoxy groups -OCH3 is 1. The third-order valence-electron chi connectivity index (χ3n) is 4.61. The van der Waals surface area contributed by atoms with Crippen molar-refractivity contribution in [3.8, 4) is 5.75 Å². The number of aromatic hydroxyl groups is 1. The van der Waals surface area contributed by atoms with Gasteiger partial charge in [0, 0.05) is 10.6 Å². The largest absolute Gasteiger partial charge is 0.508 e. The number of fused-ring (bicyclic) bond motifs is 1. The molecule has 0 bridgehead atoms. The summed E-state index contributed by atoms with van der Waals surface area (Å²) in [6.45, 7) is 5.43. The van der Waals surface area contributed by atoms with Gasteiger partial charge >= 0.3 is 12.1 Å². The Balaban J connectivity index is 1.96. The second-order valence-electron chi connectivity index (χ2n) is 8.27. The first kappa shape index (κ1) is 23.5. The number of amides is 2. The quantitative estimate of drug-likeness (QED) is 0.673. The average Bonchev–Trinajstić information content (AvgIpc) is 2.85. The summed E-state index contributed by atoms with van der Waals surface area (Å²) in [5, 5.41) is 12.2. The first-order valence-electron chi connectivity index (χ1n) is 10.0. The van der Waals surface area contributed by atoms with Gasteiger partial charge in [0.1, 0.15) is 17.4 Å². The predicted molar refractivity (Wildman–Crippen MR) is 121 cm³/mol. The highest BCUT2D eigenvalue weighted by atomic mass is 32.2.